The lowest BCUT2D eigenvalue weighted by atomic mass is 10.1. The van der Waals surface area contributed by atoms with Gasteiger partial charge in [0.2, 0.25) is 0 Å². The number of carbonyl (C=O) groups excluding carboxylic acids is 1. The van der Waals surface area contributed by atoms with Gasteiger partial charge in [-0.25, -0.2) is 9.37 Å². The predicted octanol–water partition coefficient (Wildman–Crippen LogP) is 3.20. The lowest BCUT2D eigenvalue weighted by Crippen LogP contribution is -2.31. The van der Waals surface area contributed by atoms with Crippen LogP contribution in [-0.2, 0) is 0 Å². The van der Waals surface area contributed by atoms with E-state index in [1.165, 1.54) is 24.3 Å². The number of rotatable bonds is 7. The lowest BCUT2D eigenvalue weighted by molar-refractivity contribution is 0.0931. The SMILES string of the molecule is CSCCC(NC(=O)c1ccccc1F)c1cc(=O)[nH]c(-c2cccnc2)n1. The van der Waals surface area contributed by atoms with Crippen molar-refractivity contribution in [1.29, 1.82) is 0 Å². The molecule has 2 N–H and O–H groups in total. The zero-order valence-corrected chi connectivity index (χ0v) is 16.0. The number of aromatic nitrogens is 3. The second-order valence-electron chi connectivity index (χ2n) is 6.05. The molecular weight excluding hydrogens is 379 g/mol. The maximum absolute atomic E-state index is 14.0. The van der Waals surface area contributed by atoms with Crippen LogP contribution in [0.4, 0.5) is 4.39 Å². The number of nitrogens with one attached hydrogen (secondary N) is 2. The zero-order valence-electron chi connectivity index (χ0n) is 15.2. The number of H-pyrrole nitrogens is 1. The van der Waals surface area contributed by atoms with Gasteiger partial charge >= 0.3 is 0 Å². The Morgan fingerprint density at radius 2 is 2.11 bits per heavy atom. The molecule has 0 saturated carbocycles. The van der Waals surface area contributed by atoms with Crippen LogP contribution in [0.25, 0.3) is 11.4 Å². The molecule has 0 saturated heterocycles. The van der Waals surface area contributed by atoms with E-state index >= 15 is 0 Å². The van der Waals surface area contributed by atoms with Crippen molar-refractivity contribution < 1.29 is 9.18 Å². The Morgan fingerprint density at radius 3 is 2.82 bits per heavy atom. The molecular formula is C20H19FN4O2S. The van der Waals surface area contributed by atoms with Crippen LogP contribution in [-0.4, -0.2) is 32.9 Å². The number of thioether (sulfide) groups is 1. The molecule has 2 aromatic heterocycles. The molecule has 0 fully saturated rings. The summed E-state index contributed by atoms with van der Waals surface area (Å²) < 4.78 is 14.0. The van der Waals surface area contributed by atoms with E-state index in [4.69, 9.17) is 0 Å². The second-order valence-corrected chi connectivity index (χ2v) is 7.03. The first-order chi connectivity index (χ1) is 13.6. The third-order valence-electron chi connectivity index (χ3n) is 4.09. The quantitative estimate of drug-likeness (QED) is 0.638. The van der Waals surface area contributed by atoms with Crippen molar-refractivity contribution in [2.45, 2.75) is 12.5 Å². The van der Waals surface area contributed by atoms with Gasteiger partial charge in [-0.05, 0) is 42.7 Å². The van der Waals surface area contributed by atoms with Crippen LogP contribution < -0.4 is 10.9 Å². The Bertz CT molecular complexity index is 1010. The molecule has 1 unspecified atom stereocenters. The van der Waals surface area contributed by atoms with Gasteiger partial charge in [0.25, 0.3) is 11.5 Å². The van der Waals surface area contributed by atoms with Gasteiger partial charge in [-0.3, -0.25) is 14.6 Å². The number of amides is 1. The first-order valence-corrected chi connectivity index (χ1v) is 10.0. The predicted molar refractivity (Wildman–Crippen MR) is 108 cm³/mol. The van der Waals surface area contributed by atoms with E-state index in [-0.39, 0.29) is 11.1 Å². The number of hydrogen-bond acceptors (Lipinski definition) is 5. The van der Waals surface area contributed by atoms with Crippen molar-refractivity contribution >= 4 is 17.7 Å². The molecule has 2 heterocycles. The van der Waals surface area contributed by atoms with E-state index in [1.807, 2.05) is 6.26 Å². The molecule has 1 atom stereocenters. The first kappa shape index (κ1) is 19.8. The summed E-state index contributed by atoms with van der Waals surface area (Å²) in [6.45, 7) is 0. The molecule has 1 aromatic carbocycles. The van der Waals surface area contributed by atoms with Crippen molar-refractivity contribution in [2.24, 2.45) is 0 Å². The second kappa shape index (κ2) is 9.27. The number of aromatic amines is 1. The molecule has 28 heavy (non-hydrogen) atoms. The topological polar surface area (TPSA) is 87.7 Å². The van der Waals surface area contributed by atoms with Gasteiger partial charge < -0.3 is 10.3 Å². The van der Waals surface area contributed by atoms with Crippen molar-refractivity contribution in [3.8, 4) is 11.4 Å². The fourth-order valence-electron chi connectivity index (χ4n) is 2.71. The number of carbonyl (C=O) groups is 1. The summed E-state index contributed by atoms with van der Waals surface area (Å²) in [4.78, 5) is 36.0. The van der Waals surface area contributed by atoms with Crippen molar-refractivity contribution in [1.82, 2.24) is 20.3 Å². The molecule has 3 rings (SSSR count). The average Bonchev–Trinajstić information content (AvgIpc) is 2.71. The highest BCUT2D eigenvalue weighted by Gasteiger charge is 2.20. The van der Waals surface area contributed by atoms with Crippen LogP contribution in [0.2, 0.25) is 0 Å². The highest BCUT2D eigenvalue weighted by molar-refractivity contribution is 7.98. The van der Waals surface area contributed by atoms with Crippen LogP contribution >= 0.6 is 11.8 Å². The first-order valence-electron chi connectivity index (χ1n) is 8.64. The minimum atomic E-state index is -0.599. The maximum atomic E-state index is 14.0. The zero-order chi connectivity index (χ0) is 19.9. The summed E-state index contributed by atoms with van der Waals surface area (Å²) in [5.74, 6) is -0.0449. The molecule has 0 radical (unpaired) electrons. The standard InChI is InChI=1S/C20H19FN4O2S/c1-28-10-8-16(24-20(27)14-6-2-3-7-15(14)21)17-11-18(26)25-19(23-17)13-5-4-9-22-12-13/h2-7,9,11-12,16H,8,10H2,1H3,(H,24,27)(H,23,25,26). The van der Waals surface area contributed by atoms with Crippen LogP contribution in [0.15, 0.2) is 59.7 Å². The Hall–Kier alpha value is -3.00. The van der Waals surface area contributed by atoms with Crippen LogP contribution in [0.1, 0.15) is 28.5 Å². The largest absolute Gasteiger partial charge is 0.344 e. The Morgan fingerprint density at radius 1 is 1.29 bits per heavy atom. The van der Waals surface area contributed by atoms with Crippen LogP contribution in [0.5, 0.6) is 0 Å². The molecule has 0 aliphatic carbocycles. The molecule has 0 spiro atoms. The van der Waals surface area contributed by atoms with Crippen molar-refractivity contribution in [2.75, 3.05) is 12.0 Å². The summed E-state index contributed by atoms with van der Waals surface area (Å²) in [6, 6.07) is 10.1. The van der Waals surface area contributed by atoms with Crippen LogP contribution in [0.3, 0.4) is 0 Å². The van der Waals surface area contributed by atoms with Crippen molar-refractivity contribution in [3.63, 3.8) is 0 Å². The molecule has 0 aliphatic heterocycles. The molecule has 144 valence electrons. The lowest BCUT2D eigenvalue weighted by Gasteiger charge is -2.19. The Labute approximate surface area is 165 Å². The average molecular weight is 398 g/mol. The molecule has 3 aromatic rings. The summed E-state index contributed by atoms with van der Waals surface area (Å²) in [7, 11) is 0. The van der Waals surface area contributed by atoms with Crippen LogP contribution in [0, 0.1) is 5.82 Å². The van der Waals surface area contributed by atoms with Gasteiger partial charge in [0.05, 0.1) is 17.3 Å². The number of hydrogen-bond donors (Lipinski definition) is 2. The number of benzene rings is 1. The minimum Gasteiger partial charge on any atom is -0.344 e. The summed E-state index contributed by atoms with van der Waals surface area (Å²) >= 11 is 1.61. The molecule has 1 amide bonds. The monoisotopic (exact) mass is 398 g/mol. The molecule has 8 heteroatoms. The van der Waals surface area contributed by atoms with E-state index in [0.717, 1.165) is 5.75 Å². The molecule has 0 bridgehead atoms. The van der Waals surface area contributed by atoms with E-state index in [0.29, 0.717) is 23.5 Å². The van der Waals surface area contributed by atoms with Crippen molar-refractivity contribution in [3.05, 3.63) is 82.3 Å². The van der Waals surface area contributed by atoms with Gasteiger partial charge in [-0.2, -0.15) is 11.8 Å². The summed E-state index contributed by atoms with van der Waals surface area (Å²) in [5.41, 5.74) is 0.693. The van der Waals surface area contributed by atoms with Gasteiger partial charge in [0.1, 0.15) is 11.6 Å². The van der Waals surface area contributed by atoms with Gasteiger partial charge in [0.15, 0.2) is 0 Å². The van der Waals surface area contributed by atoms with E-state index in [9.17, 15) is 14.0 Å². The highest BCUT2D eigenvalue weighted by atomic mass is 32.2. The smallest absolute Gasteiger partial charge is 0.254 e. The normalized spacial score (nSPS) is 11.8. The van der Waals surface area contributed by atoms with Gasteiger partial charge in [0, 0.05) is 24.0 Å². The fraction of sp³-hybridized carbons (Fsp3) is 0.200. The highest BCUT2D eigenvalue weighted by Crippen LogP contribution is 2.20. The third kappa shape index (κ3) is 4.83. The van der Waals surface area contributed by atoms with E-state index < -0.39 is 17.8 Å². The summed E-state index contributed by atoms with van der Waals surface area (Å²) in [5, 5.41) is 2.81. The maximum Gasteiger partial charge on any atom is 0.254 e. The number of pyridine rings is 1. The number of nitrogens with zero attached hydrogens (tertiary/aromatic N) is 2. The fourth-order valence-corrected chi connectivity index (χ4v) is 3.18. The summed E-state index contributed by atoms with van der Waals surface area (Å²) in [6.07, 6.45) is 5.71. The minimum absolute atomic E-state index is 0.0472. The van der Waals surface area contributed by atoms with Gasteiger partial charge in [-0.15, -0.1) is 0 Å². The molecule has 0 aliphatic rings. The third-order valence-corrected chi connectivity index (χ3v) is 4.73. The van der Waals surface area contributed by atoms with E-state index in [2.05, 4.69) is 20.3 Å². The Balaban J connectivity index is 1.93. The number of halogens is 1. The molecule has 6 nitrogen and oxygen atoms in total. The Kier molecular flexibility index (Phi) is 6.54. The van der Waals surface area contributed by atoms with E-state index in [1.54, 1.807) is 42.4 Å². The van der Waals surface area contributed by atoms with Gasteiger partial charge in [-0.1, -0.05) is 12.1 Å².